The number of hydrogen-bond acceptors (Lipinski definition) is 3. The Hall–Kier alpha value is -0.900. The molecule has 0 radical (unpaired) electrons. The zero-order chi connectivity index (χ0) is 15.9. The second-order valence-corrected chi connectivity index (χ2v) is 6.83. The summed E-state index contributed by atoms with van der Waals surface area (Å²) < 4.78 is 5.21. The minimum Gasteiger partial charge on any atom is -0.379 e. The number of benzene rings is 1. The summed E-state index contributed by atoms with van der Waals surface area (Å²) in [6.07, 6.45) is 1.22. The Balaban J connectivity index is 0.000000172. The third-order valence-corrected chi connectivity index (χ3v) is 4.67. The highest BCUT2D eigenvalue weighted by Crippen LogP contribution is 2.19. The molecule has 124 valence electrons. The Labute approximate surface area is 136 Å². The van der Waals surface area contributed by atoms with Crippen LogP contribution >= 0.6 is 0 Å². The normalized spacial score (nSPS) is 19.7. The van der Waals surface area contributed by atoms with Crippen molar-refractivity contribution in [2.75, 3.05) is 32.8 Å². The zero-order valence-corrected chi connectivity index (χ0v) is 14.7. The van der Waals surface area contributed by atoms with Crippen LogP contribution in [0.2, 0.25) is 0 Å². The van der Waals surface area contributed by atoms with E-state index in [0.717, 1.165) is 32.8 Å². The summed E-state index contributed by atoms with van der Waals surface area (Å²) in [6.45, 7) is 15.4. The molecule has 0 unspecified atom stereocenters. The fraction of sp³-hybridized carbons (Fsp3) is 0.684. The predicted octanol–water partition coefficient (Wildman–Crippen LogP) is 3.18. The molecule has 1 fully saturated rings. The molecule has 3 heteroatoms. The van der Waals surface area contributed by atoms with Gasteiger partial charge in [0.25, 0.3) is 0 Å². The third kappa shape index (κ3) is 5.08. The molecule has 1 aromatic carbocycles. The van der Waals surface area contributed by atoms with Crippen molar-refractivity contribution in [2.45, 2.75) is 52.7 Å². The van der Waals surface area contributed by atoms with E-state index in [4.69, 9.17) is 4.74 Å². The quantitative estimate of drug-likeness (QED) is 0.834. The Morgan fingerprint density at radius 2 is 1.41 bits per heavy atom. The number of fused-ring (bicyclic) bond motifs is 1. The fourth-order valence-electron chi connectivity index (χ4n) is 3.05. The van der Waals surface area contributed by atoms with Crippen LogP contribution in [0.5, 0.6) is 0 Å². The number of hydrogen-bond donors (Lipinski definition) is 0. The fourth-order valence-corrected chi connectivity index (χ4v) is 3.05. The van der Waals surface area contributed by atoms with Gasteiger partial charge in [0, 0.05) is 38.3 Å². The maximum Gasteiger partial charge on any atom is 0.0594 e. The maximum atomic E-state index is 5.21. The van der Waals surface area contributed by atoms with Gasteiger partial charge >= 0.3 is 0 Å². The van der Waals surface area contributed by atoms with Crippen LogP contribution in [0.15, 0.2) is 24.3 Å². The van der Waals surface area contributed by atoms with Crippen LogP contribution in [-0.2, 0) is 17.7 Å². The molecule has 1 aromatic rings. The van der Waals surface area contributed by atoms with Gasteiger partial charge in [-0.3, -0.25) is 9.80 Å². The van der Waals surface area contributed by atoms with Crippen LogP contribution < -0.4 is 0 Å². The van der Waals surface area contributed by atoms with Crippen LogP contribution in [-0.4, -0.2) is 54.7 Å². The Morgan fingerprint density at radius 3 is 1.95 bits per heavy atom. The monoisotopic (exact) mass is 304 g/mol. The van der Waals surface area contributed by atoms with E-state index >= 15 is 0 Å². The lowest BCUT2D eigenvalue weighted by Gasteiger charge is -2.31. The van der Waals surface area contributed by atoms with Crippen LogP contribution in [0.4, 0.5) is 0 Å². The molecule has 3 nitrogen and oxygen atoms in total. The van der Waals surface area contributed by atoms with Crippen molar-refractivity contribution in [3.05, 3.63) is 35.4 Å². The first-order valence-corrected chi connectivity index (χ1v) is 8.70. The second-order valence-electron chi connectivity index (χ2n) is 6.83. The molecule has 0 saturated carbocycles. The highest BCUT2D eigenvalue weighted by molar-refractivity contribution is 5.29. The van der Waals surface area contributed by atoms with Crippen molar-refractivity contribution in [3.8, 4) is 0 Å². The van der Waals surface area contributed by atoms with Crippen molar-refractivity contribution in [2.24, 2.45) is 0 Å². The van der Waals surface area contributed by atoms with Crippen LogP contribution in [0.25, 0.3) is 0 Å². The van der Waals surface area contributed by atoms with Gasteiger partial charge in [0.05, 0.1) is 13.2 Å². The van der Waals surface area contributed by atoms with E-state index in [2.05, 4.69) is 61.8 Å². The number of morpholine rings is 1. The Morgan fingerprint density at radius 1 is 0.818 bits per heavy atom. The molecule has 0 bridgehead atoms. The Bertz CT molecular complexity index is 439. The van der Waals surface area contributed by atoms with Crippen molar-refractivity contribution in [3.63, 3.8) is 0 Å². The predicted molar refractivity (Wildman–Crippen MR) is 93.2 cm³/mol. The van der Waals surface area contributed by atoms with Crippen molar-refractivity contribution >= 4 is 0 Å². The van der Waals surface area contributed by atoms with Crippen LogP contribution in [0, 0.1) is 0 Å². The molecule has 0 aliphatic carbocycles. The lowest BCUT2D eigenvalue weighted by Crippen LogP contribution is -2.40. The van der Waals surface area contributed by atoms with E-state index in [0.29, 0.717) is 12.1 Å². The molecule has 2 heterocycles. The van der Waals surface area contributed by atoms with Gasteiger partial charge in [0.1, 0.15) is 0 Å². The zero-order valence-electron chi connectivity index (χ0n) is 14.7. The first-order valence-electron chi connectivity index (χ1n) is 8.70. The van der Waals surface area contributed by atoms with E-state index in [1.807, 2.05) is 0 Å². The molecular formula is C19H32N2O. The molecule has 2 aliphatic rings. The molecule has 0 N–H and O–H groups in total. The highest BCUT2D eigenvalue weighted by atomic mass is 16.5. The SMILES string of the molecule is CC(C)N1CCOCC1.CC(C)N1CCc2ccccc2C1. The number of rotatable bonds is 2. The van der Waals surface area contributed by atoms with Gasteiger partial charge in [-0.25, -0.2) is 0 Å². The van der Waals surface area contributed by atoms with Gasteiger partial charge in [-0.2, -0.15) is 0 Å². The first-order chi connectivity index (χ1) is 10.6. The maximum absolute atomic E-state index is 5.21. The van der Waals surface area contributed by atoms with Crippen molar-refractivity contribution < 1.29 is 4.74 Å². The van der Waals surface area contributed by atoms with Crippen molar-refractivity contribution in [1.82, 2.24) is 9.80 Å². The minimum atomic E-state index is 0.674. The van der Waals surface area contributed by atoms with Crippen molar-refractivity contribution in [1.29, 1.82) is 0 Å². The second kappa shape index (κ2) is 8.66. The molecule has 3 rings (SSSR count). The lowest BCUT2D eigenvalue weighted by molar-refractivity contribution is 0.0238. The average Bonchev–Trinajstić information content (AvgIpc) is 2.55. The van der Waals surface area contributed by atoms with Gasteiger partial charge in [-0.1, -0.05) is 24.3 Å². The number of nitrogens with zero attached hydrogens (tertiary/aromatic N) is 2. The summed E-state index contributed by atoms with van der Waals surface area (Å²) in [4.78, 5) is 4.96. The van der Waals surface area contributed by atoms with Gasteiger partial charge in [0.15, 0.2) is 0 Å². The summed E-state index contributed by atoms with van der Waals surface area (Å²) in [5, 5.41) is 0. The molecule has 22 heavy (non-hydrogen) atoms. The van der Waals surface area contributed by atoms with Gasteiger partial charge in [-0.05, 0) is 45.2 Å². The Kier molecular flexibility index (Phi) is 6.87. The summed E-state index contributed by atoms with van der Waals surface area (Å²) in [5.41, 5.74) is 3.06. The van der Waals surface area contributed by atoms with Gasteiger partial charge in [0.2, 0.25) is 0 Å². The van der Waals surface area contributed by atoms with Crippen LogP contribution in [0.1, 0.15) is 38.8 Å². The van der Waals surface area contributed by atoms with E-state index in [1.54, 1.807) is 5.56 Å². The van der Waals surface area contributed by atoms with Crippen LogP contribution in [0.3, 0.4) is 0 Å². The van der Waals surface area contributed by atoms with E-state index in [9.17, 15) is 0 Å². The van der Waals surface area contributed by atoms with E-state index in [-0.39, 0.29) is 0 Å². The molecule has 0 amide bonds. The third-order valence-electron chi connectivity index (χ3n) is 4.67. The van der Waals surface area contributed by atoms with E-state index < -0.39 is 0 Å². The molecule has 0 atom stereocenters. The van der Waals surface area contributed by atoms with Gasteiger partial charge < -0.3 is 4.74 Å². The van der Waals surface area contributed by atoms with Gasteiger partial charge in [-0.15, -0.1) is 0 Å². The largest absolute Gasteiger partial charge is 0.379 e. The summed E-state index contributed by atoms with van der Waals surface area (Å²) in [5.74, 6) is 0. The molecule has 2 aliphatic heterocycles. The number of ether oxygens (including phenoxy) is 1. The summed E-state index contributed by atoms with van der Waals surface area (Å²) in [6, 6.07) is 10.2. The molecule has 0 aromatic heterocycles. The standard InChI is InChI=1S/C12H17N.C7H15NO/c1-10(2)13-8-7-11-5-3-4-6-12(11)9-13;1-7(2)8-3-5-9-6-4-8/h3-6,10H,7-9H2,1-2H3;7H,3-6H2,1-2H3. The summed E-state index contributed by atoms with van der Waals surface area (Å²) in [7, 11) is 0. The topological polar surface area (TPSA) is 15.7 Å². The molecule has 0 spiro atoms. The molecular weight excluding hydrogens is 272 g/mol. The first kappa shape index (κ1) is 17.5. The summed E-state index contributed by atoms with van der Waals surface area (Å²) >= 11 is 0. The lowest BCUT2D eigenvalue weighted by atomic mass is 9.99. The smallest absolute Gasteiger partial charge is 0.0594 e. The average molecular weight is 304 g/mol. The van der Waals surface area contributed by atoms with E-state index in [1.165, 1.54) is 18.5 Å². The minimum absolute atomic E-state index is 0.674. The molecule has 1 saturated heterocycles. The highest BCUT2D eigenvalue weighted by Gasteiger charge is 2.17.